The molecule has 1 aromatic heterocycles. The molecule has 0 atom stereocenters. The van der Waals surface area contributed by atoms with Crippen LogP contribution >= 0.6 is 22.9 Å². The number of hydrogen-bond acceptors (Lipinski definition) is 5. The number of anilines is 1. The Bertz CT molecular complexity index is 1330. The third-order valence-corrected chi connectivity index (χ3v) is 8.11. The van der Waals surface area contributed by atoms with E-state index < -0.39 is 5.97 Å². The summed E-state index contributed by atoms with van der Waals surface area (Å²) in [6.45, 7) is 1.78. The molecule has 7 heteroatoms. The van der Waals surface area contributed by atoms with Crippen LogP contribution in [0.1, 0.15) is 29.5 Å². The Balaban J connectivity index is 1.23. The number of carboxylic acids is 1. The van der Waals surface area contributed by atoms with Gasteiger partial charge in [0.15, 0.2) is 5.13 Å². The molecule has 0 unspecified atom stereocenters. The highest BCUT2D eigenvalue weighted by Crippen LogP contribution is 2.41. The molecular formula is C30H29ClN2O3S. The van der Waals surface area contributed by atoms with Crippen LogP contribution in [-0.2, 0) is 24.2 Å². The highest BCUT2D eigenvalue weighted by atomic mass is 35.5. The Labute approximate surface area is 226 Å². The van der Waals surface area contributed by atoms with Crippen molar-refractivity contribution in [1.82, 2.24) is 4.98 Å². The van der Waals surface area contributed by atoms with E-state index in [1.807, 2.05) is 30.3 Å². The average Bonchev–Trinajstić information content (AvgIpc) is 3.33. The van der Waals surface area contributed by atoms with E-state index in [2.05, 4.69) is 53.4 Å². The third kappa shape index (κ3) is 6.32. The molecule has 3 aromatic carbocycles. The molecule has 37 heavy (non-hydrogen) atoms. The van der Waals surface area contributed by atoms with Gasteiger partial charge in [0.2, 0.25) is 0 Å². The van der Waals surface area contributed by atoms with Crippen LogP contribution in [0.4, 0.5) is 5.13 Å². The number of nitrogens with zero attached hydrogens (tertiary/aromatic N) is 2. The lowest BCUT2D eigenvalue weighted by Crippen LogP contribution is -2.36. The normalized spacial score (nSPS) is 14.0. The van der Waals surface area contributed by atoms with Crippen molar-refractivity contribution in [2.45, 2.75) is 32.3 Å². The van der Waals surface area contributed by atoms with E-state index >= 15 is 0 Å². The van der Waals surface area contributed by atoms with Crippen molar-refractivity contribution in [3.05, 3.63) is 99.9 Å². The maximum atomic E-state index is 11.3. The van der Waals surface area contributed by atoms with Gasteiger partial charge in [0, 0.05) is 18.7 Å². The lowest BCUT2D eigenvalue weighted by Gasteiger charge is -2.29. The molecule has 2 heterocycles. The molecule has 5 nitrogen and oxygen atoms in total. The number of carbonyl (C=O) groups is 1. The molecule has 1 aliphatic heterocycles. The second kappa shape index (κ2) is 11.8. The van der Waals surface area contributed by atoms with Gasteiger partial charge in [-0.15, -0.1) is 0 Å². The fraction of sp³-hybridized carbons (Fsp3) is 0.267. The van der Waals surface area contributed by atoms with Crippen LogP contribution in [0, 0.1) is 5.92 Å². The predicted octanol–water partition coefficient (Wildman–Crippen LogP) is 7.13. The minimum Gasteiger partial charge on any atom is -0.488 e. The molecule has 0 aliphatic carbocycles. The third-order valence-electron chi connectivity index (χ3n) is 6.79. The predicted molar refractivity (Wildman–Crippen MR) is 150 cm³/mol. The first-order valence-electron chi connectivity index (χ1n) is 12.5. The number of para-hydroxylation sites is 1. The fourth-order valence-electron chi connectivity index (χ4n) is 4.59. The molecule has 0 amide bonds. The van der Waals surface area contributed by atoms with Gasteiger partial charge in [-0.1, -0.05) is 89.7 Å². The van der Waals surface area contributed by atoms with Crippen LogP contribution in [0.2, 0.25) is 4.34 Å². The number of aliphatic carboxylic acids is 1. The van der Waals surface area contributed by atoms with Crippen LogP contribution in [0.5, 0.6) is 5.75 Å². The Morgan fingerprint density at radius 2 is 1.54 bits per heavy atom. The monoisotopic (exact) mass is 532 g/mol. The Morgan fingerprint density at radius 1 is 0.919 bits per heavy atom. The number of ether oxygens (including phenoxy) is 1. The van der Waals surface area contributed by atoms with Gasteiger partial charge >= 0.3 is 5.97 Å². The number of halogens is 1. The minimum absolute atomic E-state index is 0.279. The van der Waals surface area contributed by atoms with Crippen LogP contribution < -0.4 is 9.64 Å². The zero-order valence-corrected chi connectivity index (χ0v) is 22.0. The molecule has 1 fully saturated rings. The van der Waals surface area contributed by atoms with Crippen LogP contribution in [0.25, 0.3) is 11.3 Å². The maximum Gasteiger partial charge on any atom is 0.306 e. The first-order valence-corrected chi connectivity index (χ1v) is 13.7. The molecule has 190 valence electrons. The Hall–Kier alpha value is -3.35. The number of thiazole rings is 1. The van der Waals surface area contributed by atoms with Gasteiger partial charge in [0.1, 0.15) is 22.4 Å². The van der Waals surface area contributed by atoms with Crippen molar-refractivity contribution < 1.29 is 14.6 Å². The van der Waals surface area contributed by atoms with Crippen molar-refractivity contribution in [3.63, 3.8) is 0 Å². The van der Waals surface area contributed by atoms with E-state index in [1.54, 1.807) is 0 Å². The summed E-state index contributed by atoms with van der Waals surface area (Å²) >= 11 is 8.07. The summed E-state index contributed by atoms with van der Waals surface area (Å²) in [5.74, 6) is -0.261. The van der Waals surface area contributed by atoms with E-state index in [0.29, 0.717) is 42.6 Å². The van der Waals surface area contributed by atoms with Crippen LogP contribution in [0.3, 0.4) is 0 Å². The number of aryl methyl sites for hydroxylation is 2. The number of rotatable bonds is 9. The summed E-state index contributed by atoms with van der Waals surface area (Å²) in [6.07, 6.45) is 3.27. The summed E-state index contributed by atoms with van der Waals surface area (Å²) in [5, 5.41) is 10.1. The molecular weight excluding hydrogens is 504 g/mol. The van der Waals surface area contributed by atoms with E-state index in [1.165, 1.54) is 22.5 Å². The molecule has 1 saturated heterocycles. The van der Waals surface area contributed by atoms with Gasteiger partial charge < -0.3 is 14.7 Å². The summed E-state index contributed by atoms with van der Waals surface area (Å²) in [6, 6.07) is 26.9. The van der Waals surface area contributed by atoms with Crippen molar-refractivity contribution in [2.75, 3.05) is 18.0 Å². The van der Waals surface area contributed by atoms with Gasteiger partial charge in [-0.05, 0) is 54.5 Å². The van der Waals surface area contributed by atoms with Crippen molar-refractivity contribution in [2.24, 2.45) is 5.92 Å². The zero-order valence-electron chi connectivity index (χ0n) is 20.5. The van der Waals surface area contributed by atoms with Crippen LogP contribution in [-0.4, -0.2) is 29.1 Å². The van der Waals surface area contributed by atoms with Crippen molar-refractivity contribution >= 4 is 34.0 Å². The zero-order chi connectivity index (χ0) is 25.6. The van der Waals surface area contributed by atoms with E-state index in [4.69, 9.17) is 21.3 Å². The second-order valence-corrected chi connectivity index (χ2v) is 10.9. The quantitative estimate of drug-likeness (QED) is 0.248. The van der Waals surface area contributed by atoms with Crippen LogP contribution in [0.15, 0.2) is 78.9 Å². The molecule has 1 aliphatic rings. The number of carboxylic acid groups (broad SMARTS) is 1. The molecule has 5 rings (SSSR count). The van der Waals surface area contributed by atoms with Gasteiger partial charge in [-0.25, -0.2) is 4.98 Å². The first-order chi connectivity index (χ1) is 18.1. The summed E-state index contributed by atoms with van der Waals surface area (Å²) in [7, 11) is 0. The van der Waals surface area contributed by atoms with E-state index in [0.717, 1.165) is 34.8 Å². The number of aromatic nitrogens is 1. The fourth-order valence-corrected chi connectivity index (χ4v) is 5.81. The van der Waals surface area contributed by atoms with E-state index in [9.17, 15) is 9.90 Å². The molecule has 0 bridgehead atoms. The standard InChI is InChI=1S/C30H29ClN2O3S/c31-28-27(32-30(37-28)33-18-16-24(17-19-33)29(34)35)25-8-4-5-9-26(25)36-20-23-14-12-22(13-15-23)11-10-21-6-2-1-3-7-21/h1-9,12-15,24H,10-11,16-20H2,(H,34,35). The lowest BCUT2D eigenvalue weighted by molar-refractivity contribution is -0.142. The maximum absolute atomic E-state index is 11.3. The second-order valence-electron chi connectivity index (χ2n) is 9.31. The molecule has 0 saturated carbocycles. The summed E-state index contributed by atoms with van der Waals surface area (Å²) in [4.78, 5) is 18.2. The van der Waals surface area contributed by atoms with Gasteiger partial charge in [0.05, 0.1) is 5.92 Å². The minimum atomic E-state index is -0.717. The molecule has 0 spiro atoms. The number of benzene rings is 3. The highest BCUT2D eigenvalue weighted by molar-refractivity contribution is 7.20. The summed E-state index contributed by atoms with van der Waals surface area (Å²) in [5.41, 5.74) is 5.32. The first kappa shape index (κ1) is 25.3. The SMILES string of the molecule is O=C(O)C1CCN(c2nc(-c3ccccc3OCc3ccc(CCc4ccccc4)cc3)c(Cl)s2)CC1. The smallest absolute Gasteiger partial charge is 0.306 e. The average molecular weight is 533 g/mol. The lowest BCUT2D eigenvalue weighted by atomic mass is 9.97. The van der Waals surface area contributed by atoms with E-state index in [-0.39, 0.29) is 5.92 Å². The largest absolute Gasteiger partial charge is 0.488 e. The molecule has 1 N–H and O–H groups in total. The van der Waals surface area contributed by atoms with Crippen molar-refractivity contribution in [3.8, 4) is 17.0 Å². The van der Waals surface area contributed by atoms with Gasteiger partial charge in [-0.3, -0.25) is 4.79 Å². The number of piperidine rings is 1. The number of hydrogen-bond donors (Lipinski definition) is 1. The molecule has 4 aromatic rings. The Morgan fingerprint density at radius 3 is 2.24 bits per heavy atom. The van der Waals surface area contributed by atoms with Crippen molar-refractivity contribution in [1.29, 1.82) is 0 Å². The topological polar surface area (TPSA) is 62.7 Å². The highest BCUT2D eigenvalue weighted by Gasteiger charge is 2.27. The molecule has 0 radical (unpaired) electrons. The van der Waals surface area contributed by atoms with Gasteiger partial charge in [-0.2, -0.15) is 0 Å². The Kier molecular flexibility index (Phi) is 8.07. The van der Waals surface area contributed by atoms with Gasteiger partial charge in [0.25, 0.3) is 0 Å². The summed E-state index contributed by atoms with van der Waals surface area (Å²) < 4.78 is 6.83.